The highest BCUT2D eigenvalue weighted by atomic mass is 19.1. The molecular weight excluding hydrogens is 272 g/mol. The Kier molecular flexibility index (Phi) is 3.66. The van der Waals surface area contributed by atoms with Gasteiger partial charge in [-0.2, -0.15) is 0 Å². The zero-order chi connectivity index (χ0) is 14.8. The third-order valence-corrected chi connectivity index (χ3v) is 3.58. The lowest BCUT2D eigenvalue weighted by Crippen LogP contribution is -2.19. The van der Waals surface area contributed by atoms with Crippen molar-refractivity contribution in [3.63, 3.8) is 0 Å². The SMILES string of the molecule is C[C@H](NCc1ccnc2[nH]ccc12)c1ccc(F)cc1F. The van der Waals surface area contributed by atoms with E-state index in [9.17, 15) is 8.78 Å². The molecule has 108 valence electrons. The molecule has 0 saturated carbocycles. The summed E-state index contributed by atoms with van der Waals surface area (Å²) in [5, 5.41) is 4.29. The summed E-state index contributed by atoms with van der Waals surface area (Å²) >= 11 is 0. The molecule has 1 atom stereocenters. The highest BCUT2D eigenvalue weighted by Crippen LogP contribution is 2.20. The van der Waals surface area contributed by atoms with Crippen LogP contribution in [-0.4, -0.2) is 9.97 Å². The van der Waals surface area contributed by atoms with Gasteiger partial charge in [0.25, 0.3) is 0 Å². The standard InChI is InChI=1S/C16H15F2N3/c1-10(13-3-2-12(17)8-15(13)18)21-9-11-4-6-19-16-14(11)5-7-20-16/h2-8,10,21H,9H2,1H3,(H,19,20)/t10-/m0/s1. The fourth-order valence-electron chi connectivity index (χ4n) is 2.40. The zero-order valence-corrected chi connectivity index (χ0v) is 11.5. The smallest absolute Gasteiger partial charge is 0.137 e. The van der Waals surface area contributed by atoms with E-state index in [0.29, 0.717) is 12.1 Å². The number of hydrogen-bond donors (Lipinski definition) is 2. The molecule has 3 aromatic rings. The second kappa shape index (κ2) is 5.61. The summed E-state index contributed by atoms with van der Waals surface area (Å²) in [6.45, 7) is 2.43. The molecule has 2 heterocycles. The van der Waals surface area contributed by atoms with E-state index in [2.05, 4.69) is 15.3 Å². The van der Waals surface area contributed by atoms with Crippen LogP contribution in [-0.2, 0) is 6.54 Å². The van der Waals surface area contributed by atoms with Gasteiger partial charge in [0.05, 0.1) is 0 Å². The van der Waals surface area contributed by atoms with Crippen LogP contribution in [0.4, 0.5) is 8.78 Å². The van der Waals surface area contributed by atoms with Crippen LogP contribution in [0.3, 0.4) is 0 Å². The Bertz CT molecular complexity index is 767. The molecule has 0 fully saturated rings. The van der Waals surface area contributed by atoms with Gasteiger partial charge in [0.2, 0.25) is 0 Å². The summed E-state index contributed by atoms with van der Waals surface area (Å²) in [4.78, 5) is 7.28. The number of nitrogens with zero attached hydrogens (tertiary/aromatic N) is 1. The lowest BCUT2D eigenvalue weighted by atomic mass is 10.1. The fraction of sp³-hybridized carbons (Fsp3) is 0.188. The number of H-pyrrole nitrogens is 1. The van der Waals surface area contributed by atoms with E-state index >= 15 is 0 Å². The van der Waals surface area contributed by atoms with Gasteiger partial charge in [0.15, 0.2) is 0 Å². The molecule has 1 aromatic carbocycles. The maximum Gasteiger partial charge on any atom is 0.137 e. The number of aromatic amines is 1. The van der Waals surface area contributed by atoms with E-state index < -0.39 is 11.6 Å². The largest absolute Gasteiger partial charge is 0.346 e. The normalized spacial score (nSPS) is 12.7. The first-order chi connectivity index (χ1) is 10.1. The van der Waals surface area contributed by atoms with Crippen LogP contribution >= 0.6 is 0 Å². The minimum atomic E-state index is -0.563. The molecule has 0 unspecified atom stereocenters. The van der Waals surface area contributed by atoms with E-state index in [0.717, 1.165) is 22.7 Å². The number of rotatable bonds is 4. The first kappa shape index (κ1) is 13.7. The monoisotopic (exact) mass is 287 g/mol. The van der Waals surface area contributed by atoms with Crippen molar-refractivity contribution in [3.8, 4) is 0 Å². The second-order valence-corrected chi connectivity index (χ2v) is 4.98. The molecule has 0 aliphatic rings. The topological polar surface area (TPSA) is 40.7 Å². The van der Waals surface area contributed by atoms with Gasteiger partial charge in [0, 0.05) is 42.0 Å². The van der Waals surface area contributed by atoms with Gasteiger partial charge in [-0.15, -0.1) is 0 Å². The molecule has 0 spiro atoms. The van der Waals surface area contributed by atoms with Gasteiger partial charge in [-0.1, -0.05) is 6.07 Å². The molecule has 21 heavy (non-hydrogen) atoms. The van der Waals surface area contributed by atoms with Crippen molar-refractivity contribution in [2.24, 2.45) is 0 Å². The Balaban J connectivity index is 1.76. The lowest BCUT2D eigenvalue weighted by Gasteiger charge is -2.15. The van der Waals surface area contributed by atoms with Crippen LogP contribution < -0.4 is 5.32 Å². The summed E-state index contributed by atoms with van der Waals surface area (Å²) in [6.07, 6.45) is 3.57. The maximum absolute atomic E-state index is 13.7. The van der Waals surface area contributed by atoms with Crippen molar-refractivity contribution in [3.05, 3.63) is 65.5 Å². The highest BCUT2D eigenvalue weighted by Gasteiger charge is 2.12. The molecular formula is C16H15F2N3. The summed E-state index contributed by atoms with van der Waals surface area (Å²) in [5.41, 5.74) is 2.36. The molecule has 3 nitrogen and oxygen atoms in total. The van der Waals surface area contributed by atoms with Crippen molar-refractivity contribution in [2.75, 3.05) is 0 Å². The van der Waals surface area contributed by atoms with Crippen LogP contribution in [0.5, 0.6) is 0 Å². The van der Waals surface area contributed by atoms with E-state index in [1.54, 1.807) is 6.20 Å². The third-order valence-electron chi connectivity index (χ3n) is 3.58. The van der Waals surface area contributed by atoms with E-state index in [-0.39, 0.29) is 6.04 Å². The molecule has 0 amide bonds. The van der Waals surface area contributed by atoms with E-state index in [1.807, 2.05) is 25.3 Å². The average Bonchev–Trinajstić information content (AvgIpc) is 2.93. The van der Waals surface area contributed by atoms with Crippen LogP contribution in [0.25, 0.3) is 11.0 Å². The highest BCUT2D eigenvalue weighted by molar-refractivity contribution is 5.79. The molecule has 0 bridgehead atoms. The zero-order valence-electron chi connectivity index (χ0n) is 11.5. The number of fused-ring (bicyclic) bond motifs is 1. The Hall–Kier alpha value is -2.27. The van der Waals surface area contributed by atoms with Gasteiger partial charge in [-0.05, 0) is 30.7 Å². The van der Waals surface area contributed by atoms with Crippen LogP contribution in [0.1, 0.15) is 24.1 Å². The molecule has 3 rings (SSSR count). The summed E-state index contributed by atoms with van der Waals surface area (Å²) in [5.74, 6) is -1.09. The van der Waals surface area contributed by atoms with Crippen molar-refractivity contribution >= 4 is 11.0 Å². The van der Waals surface area contributed by atoms with Gasteiger partial charge < -0.3 is 10.3 Å². The lowest BCUT2D eigenvalue weighted by molar-refractivity contribution is 0.518. The molecule has 0 aliphatic carbocycles. The first-order valence-corrected chi connectivity index (χ1v) is 6.74. The number of pyridine rings is 1. The summed E-state index contributed by atoms with van der Waals surface area (Å²) in [7, 11) is 0. The Morgan fingerprint density at radius 3 is 2.90 bits per heavy atom. The quantitative estimate of drug-likeness (QED) is 0.768. The number of halogens is 2. The Morgan fingerprint density at radius 2 is 2.10 bits per heavy atom. The minimum absolute atomic E-state index is 0.215. The fourth-order valence-corrected chi connectivity index (χ4v) is 2.40. The van der Waals surface area contributed by atoms with Crippen molar-refractivity contribution in [1.29, 1.82) is 0 Å². The number of aromatic nitrogens is 2. The van der Waals surface area contributed by atoms with E-state index in [4.69, 9.17) is 0 Å². The third kappa shape index (κ3) is 2.78. The number of benzene rings is 1. The van der Waals surface area contributed by atoms with Crippen molar-refractivity contribution in [2.45, 2.75) is 19.5 Å². The molecule has 5 heteroatoms. The summed E-state index contributed by atoms with van der Waals surface area (Å²) < 4.78 is 26.7. The van der Waals surface area contributed by atoms with Crippen LogP contribution in [0.2, 0.25) is 0 Å². The molecule has 0 radical (unpaired) electrons. The van der Waals surface area contributed by atoms with Gasteiger partial charge >= 0.3 is 0 Å². The molecule has 0 saturated heterocycles. The predicted molar refractivity (Wildman–Crippen MR) is 77.7 cm³/mol. The summed E-state index contributed by atoms with van der Waals surface area (Å²) in [6, 6.07) is 7.32. The number of hydrogen-bond acceptors (Lipinski definition) is 2. The van der Waals surface area contributed by atoms with E-state index in [1.165, 1.54) is 12.1 Å². The van der Waals surface area contributed by atoms with Gasteiger partial charge in [0.1, 0.15) is 17.3 Å². The average molecular weight is 287 g/mol. The van der Waals surface area contributed by atoms with Crippen LogP contribution in [0.15, 0.2) is 42.7 Å². The molecule has 0 aliphatic heterocycles. The Labute approximate surface area is 121 Å². The number of nitrogens with one attached hydrogen (secondary N) is 2. The van der Waals surface area contributed by atoms with Crippen molar-refractivity contribution in [1.82, 2.24) is 15.3 Å². The second-order valence-electron chi connectivity index (χ2n) is 4.98. The molecule has 2 aromatic heterocycles. The molecule has 2 N–H and O–H groups in total. The minimum Gasteiger partial charge on any atom is -0.346 e. The maximum atomic E-state index is 13.7. The van der Waals surface area contributed by atoms with Gasteiger partial charge in [-0.25, -0.2) is 13.8 Å². The van der Waals surface area contributed by atoms with Crippen LogP contribution in [0, 0.1) is 11.6 Å². The first-order valence-electron chi connectivity index (χ1n) is 6.74. The predicted octanol–water partition coefficient (Wildman–Crippen LogP) is 3.69. The van der Waals surface area contributed by atoms with Crippen molar-refractivity contribution < 1.29 is 8.78 Å². The van der Waals surface area contributed by atoms with Gasteiger partial charge in [-0.3, -0.25) is 0 Å². The Morgan fingerprint density at radius 1 is 1.24 bits per heavy atom.